The van der Waals surface area contributed by atoms with Crippen LogP contribution in [0.5, 0.6) is 11.5 Å². The van der Waals surface area contributed by atoms with Crippen molar-refractivity contribution in [3.63, 3.8) is 0 Å². The highest BCUT2D eigenvalue weighted by molar-refractivity contribution is 6.29. The first-order valence-corrected chi connectivity index (χ1v) is 10.2. The van der Waals surface area contributed by atoms with Crippen molar-refractivity contribution in [3.8, 4) is 22.6 Å². The third kappa shape index (κ3) is 4.35. The smallest absolute Gasteiger partial charge is 0.162 e. The van der Waals surface area contributed by atoms with Gasteiger partial charge in [0, 0.05) is 6.20 Å². The lowest BCUT2D eigenvalue weighted by atomic mass is 9.90. The third-order valence-corrected chi connectivity index (χ3v) is 5.41. The number of aliphatic hydroxyl groups is 2. The Hall–Kier alpha value is -3.12. The van der Waals surface area contributed by atoms with E-state index in [9.17, 15) is 10.2 Å². The first kappa shape index (κ1) is 21.1. The molecule has 4 rings (SSSR count). The van der Waals surface area contributed by atoms with E-state index in [1.807, 2.05) is 54.6 Å². The van der Waals surface area contributed by atoms with Crippen molar-refractivity contribution in [1.82, 2.24) is 4.98 Å². The Morgan fingerprint density at radius 1 is 0.935 bits per heavy atom. The van der Waals surface area contributed by atoms with Gasteiger partial charge in [-0.05, 0) is 68.9 Å². The maximum atomic E-state index is 10.1. The van der Waals surface area contributed by atoms with E-state index in [1.54, 1.807) is 19.4 Å². The van der Waals surface area contributed by atoms with Crippen LogP contribution >= 0.6 is 11.6 Å². The lowest BCUT2D eigenvalue weighted by molar-refractivity contribution is 0.260. The van der Waals surface area contributed by atoms with Gasteiger partial charge in [-0.25, -0.2) is 4.98 Å². The molecule has 0 bridgehead atoms. The number of aliphatic hydroxyl groups excluding tert-OH is 2. The van der Waals surface area contributed by atoms with E-state index >= 15 is 0 Å². The highest BCUT2D eigenvalue weighted by Gasteiger charge is 2.18. The second-order valence-electron chi connectivity index (χ2n) is 7.07. The third-order valence-electron chi connectivity index (χ3n) is 5.21. The zero-order valence-electron chi connectivity index (χ0n) is 17.0. The van der Waals surface area contributed by atoms with Gasteiger partial charge in [0.25, 0.3) is 0 Å². The summed E-state index contributed by atoms with van der Waals surface area (Å²) in [6.07, 6.45) is 1.62. The van der Waals surface area contributed by atoms with Crippen molar-refractivity contribution >= 4 is 22.4 Å². The number of halogens is 1. The molecule has 0 amide bonds. The highest BCUT2D eigenvalue weighted by atomic mass is 35.5. The van der Waals surface area contributed by atoms with E-state index in [2.05, 4.69) is 4.98 Å². The Morgan fingerprint density at radius 3 is 2.42 bits per heavy atom. The number of nitrogens with zero attached hydrogens (tertiary/aromatic N) is 1. The molecule has 2 N–H and O–H groups in total. The topological polar surface area (TPSA) is 71.8 Å². The van der Waals surface area contributed by atoms with Crippen LogP contribution in [0.1, 0.15) is 16.7 Å². The Balaban J connectivity index is 1.89. The van der Waals surface area contributed by atoms with E-state index < -0.39 is 0 Å². The molecule has 0 spiro atoms. The molecule has 1 aromatic heterocycles. The highest BCUT2D eigenvalue weighted by Crippen LogP contribution is 2.41. The molecule has 0 saturated heterocycles. The van der Waals surface area contributed by atoms with Crippen molar-refractivity contribution in [2.45, 2.75) is 19.8 Å². The number of pyridine rings is 1. The summed E-state index contributed by atoms with van der Waals surface area (Å²) in [6.45, 7) is -0.0311. The Labute approximate surface area is 185 Å². The Kier molecular flexibility index (Phi) is 6.37. The van der Waals surface area contributed by atoms with Crippen molar-refractivity contribution in [2.24, 2.45) is 0 Å². The maximum Gasteiger partial charge on any atom is 0.162 e. The van der Waals surface area contributed by atoms with Crippen molar-refractivity contribution in [2.75, 3.05) is 7.11 Å². The minimum absolute atomic E-state index is 0.204. The van der Waals surface area contributed by atoms with E-state index in [1.165, 1.54) is 0 Å². The lowest BCUT2D eigenvalue weighted by Crippen LogP contribution is -2.01. The molecule has 0 radical (unpaired) electrons. The van der Waals surface area contributed by atoms with E-state index in [-0.39, 0.29) is 13.2 Å². The molecule has 0 saturated carbocycles. The van der Waals surface area contributed by atoms with Crippen molar-refractivity contribution < 1.29 is 19.7 Å². The summed E-state index contributed by atoms with van der Waals surface area (Å²) >= 11 is 6.13. The molecule has 31 heavy (non-hydrogen) atoms. The number of ether oxygens (including phenoxy) is 2. The summed E-state index contributed by atoms with van der Waals surface area (Å²) in [5.41, 5.74) is 3.89. The molecular weight excluding hydrogens is 414 g/mol. The predicted molar refractivity (Wildman–Crippen MR) is 121 cm³/mol. The lowest BCUT2D eigenvalue weighted by Gasteiger charge is -2.19. The van der Waals surface area contributed by atoms with Gasteiger partial charge >= 0.3 is 0 Å². The van der Waals surface area contributed by atoms with Crippen LogP contribution in [-0.4, -0.2) is 22.3 Å². The van der Waals surface area contributed by atoms with Gasteiger partial charge in [-0.3, -0.25) is 0 Å². The van der Waals surface area contributed by atoms with Gasteiger partial charge in [0.15, 0.2) is 11.5 Å². The second-order valence-corrected chi connectivity index (χ2v) is 7.46. The number of fused-ring (bicyclic) bond motifs is 1. The van der Waals surface area contributed by atoms with E-state index in [0.29, 0.717) is 34.4 Å². The molecule has 0 fully saturated rings. The summed E-state index contributed by atoms with van der Waals surface area (Å²) in [6, 6.07) is 19.1. The molecular formula is C25H22ClNO4. The Bertz CT molecular complexity index is 1210. The van der Waals surface area contributed by atoms with Crippen LogP contribution in [0.25, 0.3) is 21.9 Å². The average Bonchev–Trinajstić information content (AvgIpc) is 2.81. The van der Waals surface area contributed by atoms with Gasteiger partial charge in [-0.1, -0.05) is 41.9 Å². The normalized spacial score (nSPS) is 11.0. The SMILES string of the molecule is COc1cc2c(-c3ccnc(Cl)c3)c(CO)c(CO)cc2cc1OCc1ccccc1. The summed E-state index contributed by atoms with van der Waals surface area (Å²) in [5, 5.41) is 22.1. The molecule has 0 aliphatic carbocycles. The molecule has 0 aliphatic heterocycles. The molecule has 6 heteroatoms. The monoisotopic (exact) mass is 435 g/mol. The van der Waals surface area contributed by atoms with E-state index in [0.717, 1.165) is 27.5 Å². The molecule has 1 heterocycles. The van der Waals surface area contributed by atoms with Crippen LogP contribution in [0.15, 0.2) is 66.9 Å². The fourth-order valence-corrected chi connectivity index (χ4v) is 3.90. The number of rotatable bonds is 7. The van der Waals surface area contributed by atoms with Gasteiger partial charge in [-0.2, -0.15) is 0 Å². The largest absolute Gasteiger partial charge is 0.493 e. The zero-order valence-corrected chi connectivity index (χ0v) is 17.8. The van der Waals surface area contributed by atoms with Gasteiger partial charge in [0.1, 0.15) is 11.8 Å². The van der Waals surface area contributed by atoms with E-state index in [4.69, 9.17) is 21.1 Å². The second kappa shape index (κ2) is 9.35. The van der Waals surface area contributed by atoms with Crippen LogP contribution in [0, 0.1) is 0 Å². The van der Waals surface area contributed by atoms with Crippen molar-refractivity contribution in [3.05, 3.63) is 88.7 Å². The molecule has 0 aliphatic rings. The molecule has 4 aromatic rings. The van der Waals surface area contributed by atoms with Crippen LogP contribution in [0.4, 0.5) is 0 Å². The minimum Gasteiger partial charge on any atom is -0.493 e. The fraction of sp³-hybridized carbons (Fsp3) is 0.160. The van der Waals surface area contributed by atoms with Crippen molar-refractivity contribution in [1.29, 1.82) is 0 Å². The standard InChI is InChI=1S/C25H22ClNO4/c1-30-22-12-20-18(10-23(22)31-15-16-5-3-2-4-6-16)9-19(13-28)21(14-29)25(20)17-7-8-27-24(26)11-17/h2-12,28-29H,13-15H2,1H3. The predicted octanol–water partition coefficient (Wildman–Crippen LogP) is 5.13. The Morgan fingerprint density at radius 2 is 1.74 bits per heavy atom. The summed E-state index contributed by atoms with van der Waals surface area (Å²) in [5.74, 6) is 1.17. The number of methoxy groups -OCH3 is 1. The minimum atomic E-state index is -0.227. The van der Waals surface area contributed by atoms with Crippen LogP contribution < -0.4 is 9.47 Å². The average molecular weight is 436 g/mol. The quantitative estimate of drug-likeness (QED) is 0.394. The van der Waals surface area contributed by atoms with Gasteiger partial charge in [-0.15, -0.1) is 0 Å². The number of hydrogen-bond acceptors (Lipinski definition) is 5. The fourth-order valence-electron chi connectivity index (χ4n) is 3.73. The van der Waals surface area contributed by atoms with Crippen LogP contribution in [-0.2, 0) is 19.8 Å². The number of aromatic nitrogens is 1. The van der Waals surface area contributed by atoms with Gasteiger partial charge in [0.05, 0.1) is 20.3 Å². The van der Waals surface area contributed by atoms with Crippen LogP contribution in [0.3, 0.4) is 0 Å². The number of benzene rings is 3. The summed E-state index contributed by atoms with van der Waals surface area (Å²) in [7, 11) is 1.59. The molecule has 158 valence electrons. The van der Waals surface area contributed by atoms with Crippen LogP contribution in [0.2, 0.25) is 5.15 Å². The zero-order chi connectivity index (χ0) is 21.8. The molecule has 5 nitrogen and oxygen atoms in total. The molecule has 0 unspecified atom stereocenters. The first-order valence-electron chi connectivity index (χ1n) is 9.81. The van der Waals surface area contributed by atoms with Gasteiger partial charge < -0.3 is 19.7 Å². The molecule has 3 aromatic carbocycles. The first-order chi connectivity index (χ1) is 15.1. The molecule has 0 atom stereocenters. The van der Waals surface area contributed by atoms with Gasteiger partial charge in [0.2, 0.25) is 0 Å². The summed E-state index contributed by atoms with van der Waals surface area (Å²) in [4.78, 5) is 4.05. The number of hydrogen-bond donors (Lipinski definition) is 2. The maximum absolute atomic E-state index is 10.1. The summed E-state index contributed by atoms with van der Waals surface area (Å²) < 4.78 is 11.7.